The molecule has 0 spiro atoms. The Labute approximate surface area is 107 Å². The number of hydrogen-bond donors (Lipinski definition) is 2. The van der Waals surface area contributed by atoms with Crippen LogP contribution in [-0.4, -0.2) is 26.1 Å². The van der Waals surface area contributed by atoms with Crippen molar-refractivity contribution in [2.24, 2.45) is 0 Å². The fourth-order valence-electron chi connectivity index (χ4n) is 1.38. The van der Waals surface area contributed by atoms with E-state index >= 15 is 0 Å². The topological polar surface area (TPSA) is 50.4 Å². The van der Waals surface area contributed by atoms with Crippen molar-refractivity contribution < 1.29 is 13.9 Å². The molecule has 5 heteroatoms. The van der Waals surface area contributed by atoms with Gasteiger partial charge in [-0.3, -0.25) is 4.79 Å². The maximum Gasteiger partial charge on any atom is 0.225 e. The number of nitrogens with one attached hydrogen (secondary N) is 2. The summed E-state index contributed by atoms with van der Waals surface area (Å²) in [5.74, 6) is -0.138. The highest BCUT2D eigenvalue weighted by molar-refractivity contribution is 5.92. The third kappa shape index (κ3) is 4.71. The minimum atomic E-state index is -0.380. The van der Waals surface area contributed by atoms with Gasteiger partial charge in [-0.25, -0.2) is 4.39 Å². The molecule has 1 amide bonds. The van der Waals surface area contributed by atoms with E-state index in [9.17, 15) is 9.18 Å². The summed E-state index contributed by atoms with van der Waals surface area (Å²) in [5.41, 5.74) is 0.506. The van der Waals surface area contributed by atoms with Gasteiger partial charge in [-0.2, -0.15) is 0 Å². The van der Waals surface area contributed by atoms with Gasteiger partial charge in [0.05, 0.1) is 12.3 Å². The summed E-state index contributed by atoms with van der Waals surface area (Å²) in [4.78, 5) is 11.6. The number of benzene rings is 1. The first-order valence-electron chi connectivity index (χ1n) is 6.04. The highest BCUT2D eigenvalue weighted by Crippen LogP contribution is 2.25. The number of amides is 1. The van der Waals surface area contributed by atoms with Crippen LogP contribution >= 0.6 is 0 Å². The molecule has 0 aromatic heterocycles. The molecule has 1 aromatic carbocycles. The van der Waals surface area contributed by atoms with Crippen LogP contribution in [0.5, 0.6) is 5.75 Å². The Morgan fingerprint density at radius 3 is 2.89 bits per heavy atom. The molecule has 0 atom stereocenters. The Bertz CT molecular complexity index is 397. The predicted molar refractivity (Wildman–Crippen MR) is 69.4 cm³/mol. The van der Waals surface area contributed by atoms with E-state index in [-0.39, 0.29) is 11.7 Å². The predicted octanol–water partition coefficient (Wildman–Crippen LogP) is 2.16. The zero-order valence-corrected chi connectivity index (χ0v) is 10.8. The lowest BCUT2D eigenvalue weighted by atomic mass is 10.2. The van der Waals surface area contributed by atoms with Crippen LogP contribution < -0.4 is 15.4 Å². The van der Waals surface area contributed by atoms with Gasteiger partial charge in [0.15, 0.2) is 0 Å². The highest BCUT2D eigenvalue weighted by atomic mass is 19.1. The van der Waals surface area contributed by atoms with Crippen LogP contribution in [0.3, 0.4) is 0 Å². The van der Waals surface area contributed by atoms with Gasteiger partial charge in [-0.1, -0.05) is 6.92 Å². The zero-order valence-electron chi connectivity index (χ0n) is 10.8. The van der Waals surface area contributed by atoms with E-state index in [4.69, 9.17) is 4.74 Å². The molecule has 100 valence electrons. The molecule has 0 unspecified atom stereocenters. The summed E-state index contributed by atoms with van der Waals surface area (Å²) in [6.45, 7) is 3.05. The van der Waals surface area contributed by atoms with Gasteiger partial charge in [0, 0.05) is 19.0 Å². The van der Waals surface area contributed by atoms with Crippen LogP contribution in [0.25, 0.3) is 0 Å². The second kappa shape index (κ2) is 7.66. The quantitative estimate of drug-likeness (QED) is 0.784. The highest BCUT2D eigenvalue weighted by Gasteiger charge is 2.08. The molecular formula is C13H19FN2O2. The Balaban J connectivity index is 2.70. The molecule has 0 bridgehead atoms. The first-order valence-corrected chi connectivity index (χ1v) is 6.04. The average molecular weight is 254 g/mol. The molecule has 4 nitrogen and oxygen atoms in total. The normalized spacial score (nSPS) is 10.2. The monoisotopic (exact) mass is 254 g/mol. The van der Waals surface area contributed by atoms with Crippen LogP contribution in [0, 0.1) is 5.82 Å². The third-order valence-electron chi connectivity index (χ3n) is 2.28. The maximum atomic E-state index is 13.1. The van der Waals surface area contributed by atoms with E-state index in [1.807, 2.05) is 6.92 Å². The minimum absolute atomic E-state index is 0.127. The van der Waals surface area contributed by atoms with Crippen molar-refractivity contribution in [2.45, 2.75) is 19.8 Å². The number of rotatable bonds is 7. The fraction of sp³-hybridized carbons (Fsp3) is 0.462. The van der Waals surface area contributed by atoms with Crippen molar-refractivity contribution in [3.8, 4) is 5.75 Å². The van der Waals surface area contributed by atoms with Gasteiger partial charge in [0.2, 0.25) is 5.91 Å². The van der Waals surface area contributed by atoms with Gasteiger partial charge in [0.25, 0.3) is 0 Å². The van der Waals surface area contributed by atoms with Crippen molar-refractivity contribution in [3.05, 3.63) is 24.0 Å². The molecule has 0 saturated carbocycles. The zero-order chi connectivity index (χ0) is 13.4. The van der Waals surface area contributed by atoms with E-state index < -0.39 is 0 Å². The van der Waals surface area contributed by atoms with E-state index in [2.05, 4.69) is 10.6 Å². The molecule has 0 aliphatic heterocycles. The van der Waals surface area contributed by atoms with Gasteiger partial charge >= 0.3 is 0 Å². The largest absolute Gasteiger partial charge is 0.491 e. The average Bonchev–Trinajstić information content (AvgIpc) is 2.36. The Hall–Kier alpha value is -1.62. The molecule has 0 radical (unpaired) electrons. The van der Waals surface area contributed by atoms with Crippen LogP contribution in [0.15, 0.2) is 18.2 Å². The van der Waals surface area contributed by atoms with E-state index in [0.717, 1.165) is 6.42 Å². The number of carbonyl (C=O) groups excluding carboxylic acids is 1. The van der Waals surface area contributed by atoms with Crippen LogP contribution in [0.1, 0.15) is 19.8 Å². The Morgan fingerprint density at radius 2 is 2.22 bits per heavy atom. The van der Waals surface area contributed by atoms with Crippen molar-refractivity contribution in [1.29, 1.82) is 0 Å². The second-order valence-corrected chi connectivity index (χ2v) is 3.89. The number of ether oxygens (including phenoxy) is 1. The lowest BCUT2D eigenvalue weighted by Gasteiger charge is -2.12. The molecule has 0 heterocycles. The van der Waals surface area contributed by atoms with Gasteiger partial charge in [-0.05, 0) is 25.6 Å². The molecule has 0 fully saturated rings. The van der Waals surface area contributed by atoms with Crippen molar-refractivity contribution in [2.75, 3.05) is 25.5 Å². The van der Waals surface area contributed by atoms with E-state index in [1.165, 1.54) is 18.2 Å². The Kier molecular flexibility index (Phi) is 6.14. The smallest absolute Gasteiger partial charge is 0.225 e. The Morgan fingerprint density at radius 1 is 1.44 bits per heavy atom. The van der Waals surface area contributed by atoms with Gasteiger partial charge in [0.1, 0.15) is 11.6 Å². The third-order valence-corrected chi connectivity index (χ3v) is 2.28. The molecule has 0 aliphatic rings. The molecule has 1 rings (SSSR count). The number of halogens is 1. The van der Waals surface area contributed by atoms with Crippen molar-refractivity contribution in [3.63, 3.8) is 0 Å². The second-order valence-electron chi connectivity index (χ2n) is 3.89. The number of carbonyl (C=O) groups is 1. The first kappa shape index (κ1) is 14.4. The van der Waals surface area contributed by atoms with Crippen LogP contribution in [0.2, 0.25) is 0 Å². The maximum absolute atomic E-state index is 13.1. The van der Waals surface area contributed by atoms with E-state index in [0.29, 0.717) is 31.0 Å². The number of anilines is 1. The van der Waals surface area contributed by atoms with Gasteiger partial charge < -0.3 is 15.4 Å². The van der Waals surface area contributed by atoms with Crippen LogP contribution in [0.4, 0.5) is 10.1 Å². The first-order chi connectivity index (χ1) is 8.67. The molecular weight excluding hydrogens is 235 g/mol. The standard InChI is InChI=1S/C13H19FN2O2/c1-3-8-18-12-9-10(14)4-5-11(12)16-13(17)6-7-15-2/h4-5,9,15H,3,6-8H2,1-2H3,(H,16,17). The van der Waals surface area contributed by atoms with Crippen LogP contribution in [-0.2, 0) is 4.79 Å². The molecule has 2 N–H and O–H groups in total. The van der Waals surface area contributed by atoms with Crippen molar-refractivity contribution >= 4 is 11.6 Å². The number of hydrogen-bond acceptors (Lipinski definition) is 3. The molecule has 0 aliphatic carbocycles. The fourth-order valence-corrected chi connectivity index (χ4v) is 1.38. The lowest BCUT2D eigenvalue weighted by molar-refractivity contribution is -0.116. The molecule has 0 saturated heterocycles. The minimum Gasteiger partial charge on any atom is -0.491 e. The summed E-state index contributed by atoms with van der Waals surface area (Å²) < 4.78 is 18.5. The van der Waals surface area contributed by atoms with E-state index in [1.54, 1.807) is 7.05 Å². The summed E-state index contributed by atoms with van der Waals surface area (Å²) >= 11 is 0. The summed E-state index contributed by atoms with van der Waals surface area (Å²) in [6.07, 6.45) is 1.19. The SMILES string of the molecule is CCCOc1cc(F)ccc1NC(=O)CCNC. The lowest BCUT2D eigenvalue weighted by Crippen LogP contribution is -2.19. The summed E-state index contributed by atoms with van der Waals surface area (Å²) in [7, 11) is 1.78. The summed E-state index contributed by atoms with van der Waals surface area (Å²) in [6, 6.07) is 4.09. The van der Waals surface area contributed by atoms with Gasteiger partial charge in [-0.15, -0.1) is 0 Å². The summed E-state index contributed by atoms with van der Waals surface area (Å²) in [5, 5.41) is 5.60. The molecule has 18 heavy (non-hydrogen) atoms. The molecule has 1 aromatic rings. The van der Waals surface area contributed by atoms with Crippen molar-refractivity contribution in [1.82, 2.24) is 5.32 Å².